The summed E-state index contributed by atoms with van der Waals surface area (Å²) in [4.78, 5) is 21.2. The SMILES string of the molecule is CN(C)CCN1CCC(CNC(=O)c2csc(CCN)n2)CC1.Cl.Cl. The fourth-order valence-corrected chi connectivity index (χ4v) is 3.53. The first-order chi connectivity index (χ1) is 11.1. The molecule has 1 saturated heterocycles. The van der Waals surface area contributed by atoms with Crippen LogP contribution in [0.1, 0.15) is 28.3 Å². The molecule has 146 valence electrons. The fraction of sp³-hybridized carbons (Fsp3) is 0.750. The first kappa shape index (κ1) is 24.6. The number of hydrogen-bond acceptors (Lipinski definition) is 6. The molecular formula is C16H31Cl2N5OS. The summed E-state index contributed by atoms with van der Waals surface area (Å²) in [5, 5.41) is 5.80. The standard InChI is InChI=1S/C16H29N5OS.2ClH/c1-20(2)9-10-21-7-4-13(5-8-21)11-18-16(22)14-12-23-15(19-14)3-6-17;;/h12-13H,3-11,17H2,1-2H3,(H,18,22);2*1H. The van der Waals surface area contributed by atoms with E-state index in [0.717, 1.165) is 57.0 Å². The van der Waals surface area contributed by atoms with Gasteiger partial charge in [0, 0.05) is 31.4 Å². The Labute approximate surface area is 167 Å². The average molecular weight is 412 g/mol. The molecule has 0 aliphatic carbocycles. The predicted molar refractivity (Wildman–Crippen MR) is 109 cm³/mol. The van der Waals surface area contributed by atoms with Crippen LogP contribution in [0, 0.1) is 5.92 Å². The van der Waals surface area contributed by atoms with Gasteiger partial charge in [-0.15, -0.1) is 36.2 Å². The number of halogens is 2. The summed E-state index contributed by atoms with van der Waals surface area (Å²) in [7, 11) is 4.22. The van der Waals surface area contributed by atoms with E-state index in [-0.39, 0.29) is 30.7 Å². The molecule has 1 fully saturated rings. The van der Waals surface area contributed by atoms with Gasteiger partial charge in [-0.05, 0) is 52.5 Å². The number of nitrogens with one attached hydrogen (secondary N) is 1. The van der Waals surface area contributed by atoms with E-state index in [0.29, 0.717) is 18.2 Å². The Kier molecular flexibility index (Phi) is 12.6. The second kappa shape index (κ2) is 12.8. The zero-order valence-corrected chi connectivity index (χ0v) is 17.5. The maximum absolute atomic E-state index is 12.1. The van der Waals surface area contributed by atoms with Gasteiger partial charge in [-0.3, -0.25) is 4.79 Å². The van der Waals surface area contributed by atoms with Crippen LogP contribution < -0.4 is 11.1 Å². The third kappa shape index (κ3) is 8.66. The maximum Gasteiger partial charge on any atom is 0.270 e. The van der Waals surface area contributed by atoms with E-state index in [1.54, 1.807) is 0 Å². The van der Waals surface area contributed by atoms with Crippen LogP contribution in [0.4, 0.5) is 0 Å². The van der Waals surface area contributed by atoms with Crippen molar-refractivity contribution in [3.63, 3.8) is 0 Å². The first-order valence-corrected chi connectivity index (χ1v) is 9.26. The van der Waals surface area contributed by atoms with Crippen LogP contribution in [-0.2, 0) is 6.42 Å². The third-order valence-corrected chi connectivity index (χ3v) is 5.17. The molecule has 0 atom stereocenters. The van der Waals surface area contributed by atoms with Gasteiger partial charge in [-0.2, -0.15) is 0 Å². The molecule has 3 N–H and O–H groups in total. The zero-order chi connectivity index (χ0) is 16.7. The number of rotatable bonds is 8. The molecule has 9 heteroatoms. The van der Waals surface area contributed by atoms with Crippen molar-refractivity contribution in [2.24, 2.45) is 11.7 Å². The molecule has 0 unspecified atom stereocenters. The Morgan fingerprint density at radius 2 is 2.08 bits per heavy atom. The van der Waals surface area contributed by atoms with Crippen molar-refractivity contribution in [3.8, 4) is 0 Å². The number of likely N-dealkylation sites (N-methyl/N-ethyl adjacent to an activating group) is 1. The highest BCUT2D eigenvalue weighted by Crippen LogP contribution is 2.16. The van der Waals surface area contributed by atoms with Crippen LogP contribution in [-0.4, -0.2) is 74.1 Å². The summed E-state index contributed by atoms with van der Waals surface area (Å²) in [5.41, 5.74) is 6.04. The van der Waals surface area contributed by atoms with Gasteiger partial charge >= 0.3 is 0 Å². The predicted octanol–water partition coefficient (Wildman–Crippen LogP) is 1.49. The second-order valence-corrected chi connectivity index (χ2v) is 7.41. The average Bonchev–Trinajstić information content (AvgIpc) is 3.00. The normalized spacial score (nSPS) is 15.5. The van der Waals surface area contributed by atoms with Gasteiger partial charge in [0.2, 0.25) is 0 Å². The van der Waals surface area contributed by atoms with Crippen LogP contribution in [0.25, 0.3) is 0 Å². The number of aromatic nitrogens is 1. The Bertz CT molecular complexity index is 493. The molecule has 1 aromatic rings. The highest BCUT2D eigenvalue weighted by atomic mass is 35.5. The van der Waals surface area contributed by atoms with Crippen LogP contribution in [0.3, 0.4) is 0 Å². The van der Waals surface area contributed by atoms with Crippen LogP contribution in [0.15, 0.2) is 5.38 Å². The summed E-state index contributed by atoms with van der Waals surface area (Å²) in [6.45, 7) is 5.83. The van der Waals surface area contributed by atoms with Crippen LogP contribution >= 0.6 is 36.2 Å². The minimum atomic E-state index is -0.0560. The van der Waals surface area contributed by atoms with Crippen LogP contribution in [0.2, 0.25) is 0 Å². The van der Waals surface area contributed by atoms with E-state index in [1.807, 2.05) is 5.38 Å². The molecule has 0 spiro atoms. The number of thiazole rings is 1. The molecular weight excluding hydrogens is 381 g/mol. The first-order valence-electron chi connectivity index (χ1n) is 8.38. The number of hydrogen-bond donors (Lipinski definition) is 2. The number of carbonyl (C=O) groups excluding carboxylic acids is 1. The highest BCUT2D eigenvalue weighted by Gasteiger charge is 2.20. The van der Waals surface area contributed by atoms with Crippen molar-refractivity contribution in [2.75, 3.05) is 53.4 Å². The minimum Gasteiger partial charge on any atom is -0.350 e. The number of amides is 1. The van der Waals surface area contributed by atoms with Crippen molar-refractivity contribution >= 4 is 42.1 Å². The molecule has 0 aromatic carbocycles. The van der Waals surface area contributed by atoms with E-state index in [4.69, 9.17) is 5.73 Å². The van der Waals surface area contributed by atoms with Gasteiger partial charge in [0.15, 0.2) is 0 Å². The Balaban J connectivity index is 0.00000288. The molecule has 1 amide bonds. The number of likely N-dealkylation sites (tertiary alicyclic amines) is 1. The number of piperidine rings is 1. The van der Waals surface area contributed by atoms with Gasteiger partial charge < -0.3 is 20.9 Å². The van der Waals surface area contributed by atoms with Gasteiger partial charge in [-0.25, -0.2) is 4.98 Å². The van der Waals surface area contributed by atoms with Crippen molar-refractivity contribution in [3.05, 3.63) is 16.1 Å². The molecule has 2 rings (SSSR count). The lowest BCUT2D eigenvalue weighted by Crippen LogP contribution is -2.41. The van der Waals surface area contributed by atoms with Gasteiger partial charge in [0.1, 0.15) is 5.69 Å². The minimum absolute atomic E-state index is 0. The molecule has 2 heterocycles. The molecule has 6 nitrogen and oxygen atoms in total. The largest absolute Gasteiger partial charge is 0.350 e. The van der Waals surface area contributed by atoms with Crippen molar-refractivity contribution in [2.45, 2.75) is 19.3 Å². The monoisotopic (exact) mass is 411 g/mol. The van der Waals surface area contributed by atoms with Gasteiger partial charge in [0.05, 0.1) is 5.01 Å². The molecule has 1 aliphatic heterocycles. The maximum atomic E-state index is 12.1. The van der Waals surface area contributed by atoms with Crippen molar-refractivity contribution < 1.29 is 4.79 Å². The van der Waals surface area contributed by atoms with Crippen molar-refractivity contribution in [1.29, 1.82) is 0 Å². The lowest BCUT2D eigenvalue weighted by molar-refractivity contribution is 0.0930. The molecule has 0 radical (unpaired) electrons. The van der Waals surface area contributed by atoms with E-state index in [1.165, 1.54) is 11.3 Å². The topological polar surface area (TPSA) is 74.5 Å². The summed E-state index contributed by atoms with van der Waals surface area (Å²) >= 11 is 1.51. The van der Waals surface area contributed by atoms with E-state index in [9.17, 15) is 4.79 Å². The molecule has 0 bridgehead atoms. The van der Waals surface area contributed by atoms with E-state index >= 15 is 0 Å². The second-order valence-electron chi connectivity index (χ2n) is 6.46. The molecule has 25 heavy (non-hydrogen) atoms. The lowest BCUT2D eigenvalue weighted by Gasteiger charge is -2.32. The third-order valence-electron chi connectivity index (χ3n) is 4.26. The molecule has 0 saturated carbocycles. The summed E-state index contributed by atoms with van der Waals surface area (Å²) in [6, 6.07) is 0. The quantitative estimate of drug-likeness (QED) is 0.677. The summed E-state index contributed by atoms with van der Waals surface area (Å²) in [6.07, 6.45) is 3.05. The molecule has 1 aliphatic rings. The van der Waals surface area contributed by atoms with Crippen molar-refractivity contribution in [1.82, 2.24) is 20.1 Å². The van der Waals surface area contributed by atoms with E-state index in [2.05, 4.69) is 34.2 Å². The Morgan fingerprint density at radius 1 is 1.40 bits per heavy atom. The molecule has 1 aromatic heterocycles. The number of nitrogens with zero attached hydrogens (tertiary/aromatic N) is 3. The lowest BCUT2D eigenvalue weighted by atomic mass is 9.97. The Morgan fingerprint density at radius 3 is 2.68 bits per heavy atom. The smallest absolute Gasteiger partial charge is 0.270 e. The van der Waals surface area contributed by atoms with Gasteiger partial charge in [0.25, 0.3) is 5.91 Å². The zero-order valence-electron chi connectivity index (χ0n) is 15.1. The van der Waals surface area contributed by atoms with E-state index < -0.39 is 0 Å². The summed E-state index contributed by atoms with van der Waals surface area (Å²) in [5.74, 6) is 0.524. The fourth-order valence-electron chi connectivity index (χ4n) is 2.74. The highest BCUT2D eigenvalue weighted by molar-refractivity contribution is 7.09. The summed E-state index contributed by atoms with van der Waals surface area (Å²) < 4.78 is 0. The number of carbonyl (C=O) groups is 1. The number of nitrogens with two attached hydrogens (primary N) is 1. The van der Waals surface area contributed by atoms with Crippen LogP contribution in [0.5, 0.6) is 0 Å². The Hall–Kier alpha value is -0.440. The van der Waals surface area contributed by atoms with Gasteiger partial charge in [-0.1, -0.05) is 0 Å².